The molecule has 1 fully saturated rings. The van der Waals surface area contributed by atoms with Gasteiger partial charge >= 0.3 is 0 Å². The molecule has 0 spiro atoms. The molecule has 1 N–H and O–H groups in total. The molecule has 1 nitrogen and oxygen atoms in total. The van der Waals surface area contributed by atoms with Gasteiger partial charge in [0.1, 0.15) is 5.82 Å². The van der Waals surface area contributed by atoms with Crippen molar-refractivity contribution in [2.24, 2.45) is 11.3 Å². The smallest absolute Gasteiger partial charge is 0.128 e. The maximum Gasteiger partial charge on any atom is 0.128 e. The lowest BCUT2D eigenvalue weighted by molar-refractivity contribution is 0.158. The standard InChI is InChI=1S/C19H30FN/c1-13(2)12-19(8-6-7-9-19)18(21-5)17-15(4)10-14(3)11-16(17)20/h10-11,13,18,21H,6-9,12H2,1-5H3. The quantitative estimate of drug-likeness (QED) is 0.775. The first-order chi connectivity index (χ1) is 9.89. The number of rotatable bonds is 5. The molecule has 0 saturated heterocycles. The minimum atomic E-state index is -0.0399. The predicted molar refractivity (Wildman–Crippen MR) is 88.0 cm³/mol. The fraction of sp³-hybridized carbons (Fsp3) is 0.684. The van der Waals surface area contributed by atoms with E-state index < -0.39 is 0 Å². The van der Waals surface area contributed by atoms with Gasteiger partial charge in [-0.25, -0.2) is 4.39 Å². The average Bonchev–Trinajstić information content (AvgIpc) is 2.81. The van der Waals surface area contributed by atoms with Crippen LogP contribution in [0.5, 0.6) is 0 Å². The Bertz CT molecular complexity index is 463. The van der Waals surface area contributed by atoms with Crippen LogP contribution in [0.25, 0.3) is 0 Å². The third-order valence-electron chi connectivity index (χ3n) is 5.08. The maximum absolute atomic E-state index is 14.7. The van der Waals surface area contributed by atoms with E-state index in [0.29, 0.717) is 5.92 Å². The Morgan fingerprint density at radius 1 is 1.19 bits per heavy atom. The number of nitrogens with one attached hydrogen (secondary N) is 1. The number of halogens is 1. The zero-order valence-corrected chi connectivity index (χ0v) is 14.2. The molecule has 0 aromatic heterocycles. The van der Waals surface area contributed by atoms with Gasteiger partial charge in [-0.1, -0.05) is 32.8 Å². The Morgan fingerprint density at radius 3 is 2.29 bits per heavy atom. The van der Waals surface area contributed by atoms with E-state index >= 15 is 0 Å². The van der Waals surface area contributed by atoms with Crippen molar-refractivity contribution in [1.82, 2.24) is 5.32 Å². The lowest BCUT2D eigenvalue weighted by Gasteiger charge is -2.40. The molecular weight excluding hydrogens is 261 g/mol. The van der Waals surface area contributed by atoms with Gasteiger partial charge in [0.15, 0.2) is 0 Å². The summed E-state index contributed by atoms with van der Waals surface area (Å²) in [7, 11) is 1.99. The highest BCUT2D eigenvalue weighted by Gasteiger charge is 2.43. The number of benzene rings is 1. The predicted octanol–water partition coefficient (Wildman–Crippen LogP) is 5.31. The van der Waals surface area contributed by atoms with Crippen molar-refractivity contribution in [2.75, 3.05) is 7.05 Å². The van der Waals surface area contributed by atoms with Crippen LogP contribution in [-0.2, 0) is 0 Å². The minimum absolute atomic E-state index is 0.0399. The fourth-order valence-corrected chi connectivity index (χ4v) is 4.55. The van der Waals surface area contributed by atoms with Gasteiger partial charge in [0.25, 0.3) is 0 Å². The first-order valence-corrected chi connectivity index (χ1v) is 8.33. The third-order valence-corrected chi connectivity index (χ3v) is 5.08. The Kier molecular flexibility index (Phi) is 5.08. The number of aryl methyl sites for hydroxylation is 2. The molecule has 0 aliphatic heterocycles. The lowest BCUT2D eigenvalue weighted by atomic mass is 9.69. The van der Waals surface area contributed by atoms with Crippen LogP contribution >= 0.6 is 0 Å². The van der Waals surface area contributed by atoms with Gasteiger partial charge in [-0.3, -0.25) is 0 Å². The van der Waals surface area contributed by atoms with E-state index in [4.69, 9.17) is 0 Å². The highest BCUT2D eigenvalue weighted by Crippen LogP contribution is 2.52. The van der Waals surface area contributed by atoms with Crippen LogP contribution in [-0.4, -0.2) is 7.05 Å². The molecule has 1 aliphatic carbocycles. The van der Waals surface area contributed by atoms with Gasteiger partial charge < -0.3 is 5.32 Å². The molecule has 1 aromatic rings. The van der Waals surface area contributed by atoms with Crippen molar-refractivity contribution < 1.29 is 4.39 Å². The molecule has 2 heteroatoms. The molecule has 1 atom stereocenters. The molecular formula is C19H30FN. The minimum Gasteiger partial charge on any atom is -0.312 e. The van der Waals surface area contributed by atoms with Gasteiger partial charge in [-0.05, 0) is 68.7 Å². The van der Waals surface area contributed by atoms with Gasteiger partial charge in [-0.15, -0.1) is 0 Å². The lowest BCUT2D eigenvalue weighted by Crippen LogP contribution is -2.37. The highest BCUT2D eigenvalue weighted by molar-refractivity contribution is 5.36. The van der Waals surface area contributed by atoms with E-state index in [-0.39, 0.29) is 17.3 Å². The van der Waals surface area contributed by atoms with E-state index in [1.54, 1.807) is 6.07 Å². The molecule has 1 aliphatic rings. The second-order valence-corrected chi connectivity index (χ2v) is 7.37. The Balaban J connectivity index is 2.47. The molecule has 21 heavy (non-hydrogen) atoms. The highest BCUT2D eigenvalue weighted by atomic mass is 19.1. The van der Waals surface area contributed by atoms with Crippen LogP contribution in [0.2, 0.25) is 0 Å². The molecule has 1 aromatic carbocycles. The zero-order valence-electron chi connectivity index (χ0n) is 14.2. The summed E-state index contributed by atoms with van der Waals surface area (Å²) in [6.07, 6.45) is 6.15. The maximum atomic E-state index is 14.7. The fourth-order valence-electron chi connectivity index (χ4n) is 4.55. The van der Waals surface area contributed by atoms with Crippen LogP contribution in [0.3, 0.4) is 0 Å². The van der Waals surface area contributed by atoms with Crippen molar-refractivity contribution in [3.05, 3.63) is 34.6 Å². The van der Waals surface area contributed by atoms with Gasteiger partial charge in [0.05, 0.1) is 0 Å². The van der Waals surface area contributed by atoms with Crippen molar-refractivity contribution in [3.8, 4) is 0 Å². The van der Waals surface area contributed by atoms with Crippen LogP contribution in [0, 0.1) is 31.0 Å². The largest absolute Gasteiger partial charge is 0.312 e. The van der Waals surface area contributed by atoms with Crippen LogP contribution in [0.4, 0.5) is 4.39 Å². The van der Waals surface area contributed by atoms with Crippen molar-refractivity contribution in [2.45, 2.75) is 65.8 Å². The average molecular weight is 291 g/mol. The third kappa shape index (κ3) is 3.31. The molecule has 0 heterocycles. The Labute approximate surface area is 129 Å². The summed E-state index contributed by atoms with van der Waals surface area (Å²) in [5, 5.41) is 3.47. The second kappa shape index (κ2) is 6.48. The van der Waals surface area contributed by atoms with Gasteiger partial charge in [-0.2, -0.15) is 0 Å². The zero-order chi connectivity index (χ0) is 15.6. The molecule has 1 unspecified atom stereocenters. The SMILES string of the molecule is CNC(c1c(C)cc(C)cc1F)C1(CC(C)C)CCCC1. The van der Waals surface area contributed by atoms with E-state index in [1.165, 1.54) is 32.1 Å². The van der Waals surface area contributed by atoms with Gasteiger partial charge in [0.2, 0.25) is 0 Å². The first-order valence-electron chi connectivity index (χ1n) is 8.33. The van der Waals surface area contributed by atoms with E-state index in [0.717, 1.165) is 16.7 Å². The Morgan fingerprint density at radius 2 is 1.81 bits per heavy atom. The molecule has 118 valence electrons. The normalized spacial score (nSPS) is 19.2. The summed E-state index contributed by atoms with van der Waals surface area (Å²) in [6, 6.07) is 3.92. The summed E-state index contributed by atoms with van der Waals surface area (Å²) in [5.41, 5.74) is 3.20. The summed E-state index contributed by atoms with van der Waals surface area (Å²) in [5.74, 6) is 0.606. The van der Waals surface area contributed by atoms with Crippen LogP contribution in [0.1, 0.15) is 68.7 Å². The van der Waals surface area contributed by atoms with E-state index in [9.17, 15) is 4.39 Å². The summed E-state index contributed by atoms with van der Waals surface area (Å²) < 4.78 is 14.7. The monoisotopic (exact) mass is 291 g/mol. The summed E-state index contributed by atoms with van der Waals surface area (Å²) in [6.45, 7) is 8.58. The number of hydrogen-bond donors (Lipinski definition) is 1. The van der Waals surface area contributed by atoms with Crippen LogP contribution < -0.4 is 5.32 Å². The molecule has 2 rings (SSSR count). The second-order valence-electron chi connectivity index (χ2n) is 7.37. The van der Waals surface area contributed by atoms with E-state index in [2.05, 4.69) is 25.2 Å². The summed E-state index contributed by atoms with van der Waals surface area (Å²) >= 11 is 0. The molecule has 1 saturated carbocycles. The molecule has 0 amide bonds. The first kappa shape index (κ1) is 16.5. The van der Waals surface area contributed by atoms with Crippen molar-refractivity contribution in [3.63, 3.8) is 0 Å². The van der Waals surface area contributed by atoms with Crippen molar-refractivity contribution >= 4 is 0 Å². The van der Waals surface area contributed by atoms with Gasteiger partial charge in [0, 0.05) is 11.6 Å². The molecule has 0 radical (unpaired) electrons. The molecule has 0 bridgehead atoms. The summed E-state index contributed by atoms with van der Waals surface area (Å²) in [4.78, 5) is 0. The topological polar surface area (TPSA) is 12.0 Å². The Hall–Kier alpha value is -0.890. The van der Waals surface area contributed by atoms with Crippen molar-refractivity contribution in [1.29, 1.82) is 0 Å². The van der Waals surface area contributed by atoms with E-state index in [1.807, 2.05) is 20.9 Å². The van der Waals surface area contributed by atoms with Crippen LogP contribution in [0.15, 0.2) is 12.1 Å². The number of hydrogen-bond acceptors (Lipinski definition) is 1.